The Morgan fingerprint density at radius 1 is 1.59 bits per heavy atom. The van der Waals surface area contributed by atoms with Crippen LogP contribution in [0.5, 0.6) is 0 Å². The minimum atomic E-state index is -0.384. The van der Waals surface area contributed by atoms with Gasteiger partial charge in [0.1, 0.15) is 0 Å². The fraction of sp³-hybridized carbons (Fsp3) is 0.385. The lowest BCUT2D eigenvalue weighted by Gasteiger charge is -2.13. The van der Waals surface area contributed by atoms with E-state index in [0.717, 1.165) is 12.8 Å². The molecule has 1 unspecified atom stereocenters. The van der Waals surface area contributed by atoms with Crippen molar-refractivity contribution in [2.24, 2.45) is 0 Å². The van der Waals surface area contributed by atoms with Crippen LogP contribution in [0.1, 0.15) is 25.3 Å². The van der Waals surface area contributed by atoms with E-state index >= 15 is 0 Å². The smallest absolute Gasteiger partial charge is 0.274 e. The van der Waals surface area contributed by atoms with Crippen molar-refractivity contribution in [1.29, 1.82) is 0 Å². The molecule has 1 aromatic carbocycles. The highest BCUT2D eigenvalue weighted by Gasteiger charge is 2.12. The van der Waals surface area contributed by atoms with Gasteiger partial charge in [0.05, 0.1) is 11.0 Å². The third kappa shape index (κ3) is 3.49. The Hall–Kier alpha value is -2.02. The molecule has 4 heteroatoms. The van der Waals surface area contributed by atoms with Crippen molar-refractivity contribution in [2.75, 3.05) is 5.32 Å². The highest BCUT2D eigenvalue weighted by atomic mass is 16.6. The third-order valence-corrected chi connectivity index (χ3v) is 2.53. The summed E-state index contributed by atoms with van der Waals surface area (Å²) < 4.78 is 0. The van der Waals surface area contributed by atoms with E-state index < -0.39 is 0 Å². The van der Waals surface area contributed by atoms with Crippen LogP contribution in [0.4, 0.5) is 11.4 Å². The van der Waals surface area contributed by atoms with Gasteiger partial charge in [-0.15, -0.1) is 6.42 Å². The number of anilines is 1. The van der Waals surface area contributed by atoms with Gasteiger partial charge in [-0.1, -0.05) is 25.3 Å². The van der Waals surface area contributed by atoms with Gasteiger partial charge in [0.2, 0.25) is 0 Å². The van der Waals surface area contributed by atoms with Gasteiger partial charge in [-0.2, -0.15) is 0 Å². The van der Waals surface area contributed by atoms with Crippen molar-refractivity contribution in [2.45, 2.75) is 32.7 Å². The summed E-state index contributed by atoms with van der Waals surface area (Å²) >= 11 is 0. The topological polar surface area (TPSA) is 55.2 Å². The Bertz CT molecular complexity index is 449. The Labute approximate surface area is 101 Å². The van der Waals surface area contributed by atoms with Gasteiger partial charge in [0, 0.05) is 17.3 Å². The first-order valence-electron chi connectivity index (χ1n) is 5.56. The molecule has 0 saturated heterocycles. The molecule has 0 aromatic heterocycles. The zero-order valence-electron chi connectivity index (χ0n) is 10.1. The Morgan fingerprint density at radius 2 is 2.29 bits per heavy atom. The third-order valence-electron chi connectivity index (χ3n) is 2.53. The predicted molar refractivity (Wildman–Crippen MR) is 69.0 cm³/mol. The van der Waals surface area contributed by atoms with Crippen LogP contribution < -0.4 is 5.32 Å². The van der Waals surface area contributed by atoms with Gasteiger partial charge in [0.15, 0.2) is 0 Å². The van der Waals surface area contributed by atoms with Gasteiger partial charge < -0.3 is 5.32 Å². The number of rotatable bonds is 5. The lowest BCUT2D eigenvalue weighted by Crippen LogP contribution is -2.16. The Balaban J connectivity index is 2.89. The lowest BCUT2D eigenvalue weighted by molar-refractivity contribution is -0.385. The normalized spacial score (nSPS) is 11.6. The van der Waals surface area contributed by atoms with Crippen LogP contribution in [0.3, 0.4) is 0 Å². The van der Waals surface area contributed by atoms with E-state index in [0.29, 0.717) is 11.3 Å². The Kier molecular flexibility index (Phi) is 4.53. The first-order chi connectivity index (χ1) is 8.08. The fourth-order valence-electron chi connectivity index (χ4n) is 1.58. The number of aryl methyl sites for hydroxylation is 1. The molecule has 17 heavy (non-hydrogen) atoms. The van der Waals surface area contributed by atoms with Gasteiger partial charge >= 0.3 is 0 Å². The van der Waals surface area contributed by atoms with E-state index in [9.17, 15) is 10.1 Å². The van der Waals surface area contributed by atoms with Gasteiger partial charge in [-0.25, -0.2) is 0 Å². The summed E-state index contributed by atoms with van der Waals surface area (Å²) in [5, 5.41) is 13.9. The molecule has 1 aromatic rings. The van der Waals surface area contributed by atoms with Crippen molar-refractivity contribution in [3.63, 3.8) is 0 Å². The van der Waals surface area contributed by atoms with E-state index in [-0.39, 0.29) is 16.7 Å². The predicted octanol–water partition coefficient (Wildman–Crippen LogP) is 3.12. The summed E-state index contributed by atoms with van der Waals surface area (Å²) in [5.74, 6) is 2.63. The largest absolute Gasteiger partial charge is 0.371 e. The monoisotopic (exact) mass is 232 g/mol. The summed E-state index contributed by atoms with van der Waals surface area (Å²) in [4.78, 5) is 10.4. The number of benzene rings is 1. The number of terminal acetylenes is 1. The van der Waals surface area contributed by atoms with E-state index in [4.69, 9.17) is 6.42 Å². The first-order valence-corrected chi connectivity index (χ1v) is 5.56. The quantitative estimate of drug-likeness (QED) is 0.482. The average molecular weight is 232 g/mol. The molecule has 0 fully saturated rings. The van der Waals surface area contributed by atoms with Crippen LogP contribution in [-0.2, 0) is 0 Å². The summed E-state index contributed by atoms with van der Waals surface area (Å²) in [6.07, 6.45) is 7.20. The molecular formula is C13H16N2O2. The summed E-state index contributed by atoms with van der Waals surface area (Å²) in [6.45, 7) is 3.76. The molecule has 0 saturated carbocycles. The van der Waals surface area contributed by atoms with Crippen molar-refractivity contribution in [3.05, 3.63) is 33.9 Å². The molecule has 0 spiro atoms. The van der Waals surface area contributed by atoms with Crippen LogP contribution in [0, 0.1) is 29.4 Å². The molecule has 0 aliphatic carbocycles. The number of nitrogens with one attached hydrogen (secondary N) is 1. The van der Waals surface area contributed by atoms with Gasteiger partial charge in [-0.05, 0) is 19.4 Å². The molecule has 0 heterocycles. The van der Waals surface area contributed by atoms with E-state index in [1.54, 1.807) is 13.0 Å². The van der Waals surface area contributed by atoms with Gasteiger partial charge in [0.25, 0.3) is 5.69 Å². The molecule has 0 radical (unpaired) electrons. The van der Waals surface area contributed by atoms with E-state index in [1.165, 1.54) is 6.07 Å². The van der Waals surface area contributed by atoms with Gasteiger partial charge in [-0.3, -0.25) is 10.1 Å². The molecule has 90 valence electrons. The zero-order valence-corrected chi connectivity index (χ0v) is 10.1. The fourth-order valence-corrected chi connectivity index (χ4v) is 1.58. The van der Waals surface area contributed by atoms with E-state index in [2.05, 4.69) is 11.2 Å². The van der Waals surface area contributed by atoms with Crippen molar-refractivity contribution in [1.82, 2.24) is 0 Å². The highest BCUT2D eigenvalue weighted by molar-refractivity contribution is 5.55. The molecule has 0 amide bonds. The highest BCUT2D eigenvalue weighted by Crippen LogP contribution is 2.23. The maximum atomic E-state index is 10.8. The SMILES string of the molecule is C#CC(CCC)Nc1ccc(C)c([N+](=O)[O-])c1. The second-order valence-electron chi connectivity index (χ2n) is 3.91. The number of hydrogen-bond acceptors (Lipinski definition) is 3. The number of hydrogen-bond donors (Lipinski definition) is 1. The number of nitro benzene ring substituents is 1. The second kappa shape index (κ2) is 5.90. The molecule has 0 aliphatic heterocycles. The van der Waals surface area contributed by atoms with Crippen molar-refractivity contribution < 1.29 is 4.92 Å². The average Bonchev–Trinajstić information content (AvgIpc) is 2.30. The van der Waals surface area contributed by atoms with E-state index in [1.807, 2.05) is 13.0 Å². The van der Waals surface area contributed by atoms with Crippen LogP contribution in [0.2, 0.25) is 0 Å². The maximum absolute atomic E-state index is 10.8. The zero-order chi connectivity index (χ0) is 12.8. The molecule has 0 aliphatic rings. The maximum Gasteiger partial charge on any atom is 0.274 e. The molecular weight excluding hydrogens is 216 g/mol. The Morgan fingerprint density at radius 3 is 2.82 bits per heavy atom. The van der Waals surface area contributed by atoms with Crippen molar-refractivity contribution >= 4 is 11.4 Å². The lowest BCUT2D eigenvalue weighted by atomic mass is 10.1. The van der Waals surface area contributed by atoms with Crippen LogP contribution in [-0.4, -0.2) is 11.0 Å². The van der Waals surface area contributed by atoms with Crippen LogP contribution >= 0.6 is 0 Å². The van der Waals surface area contributed by atoms with Crippen LogP contribution in [0.25, 0.3) is 0 Å². The van der Waals surface area contributed by atoms with Crippen molar-refractivity contribution in [3.8, 4) is 12.3 Å². The molecule has 4 nitrogen and oxygen atoms in total. The summed E-state index contributed by atoms with van der Waals surface area (Å²) in [6, 6.07) is 4.97. The first kappa shape index (κ1) is 13.0. The minimum absolute atomic E-state index is 0.0812. The number of nitro groups is 1. The van der Waals surface area contributed by atoms with Crippen LogP contribution in [0.15, 0.2) is 18.2 Å². The number of nitrogens with zero attached hydrogens (tertiary/aromatic N) is 1. The molecule has 1 rings (SSSR count). The summed E-state index contributed by atoms with van der Waals surface area (Å²) in [7, 11) is 0. The standard InChI is InChI=1S/C13H16N2O2/c1-4-6-11(5-2)14-12-8-7-10(3)13(9-12)15(16)17/h2,7-9,11,14H,4,6H2,1,3H3. The second-order valence-corrected chi connectivity index (χ2v) is 3.91. The summed E-state index contributed by atoms with van der Waals surface area (Å²) in [5.41, 5.74) is 1.45. The molecule has 0 bridgehead atoms. The molecule has 1 atom stereocenters. The minimum Gasteiger partial charge on any atom is -0.371 e. The molecule has 1 N–H and O–H groups in total.